The SMILES string of the molecule is NC(=O)CC[C@H](NC(=O)[C@@H](N)CS)C(=O)N[C@@H](CC(N)=O)C(=O)O. The molecule has 9 N–H and O–H groups in total. The zero-order chi connectivity index (χ0) is 18.9. The van der Waals surface area contributed by atoms with Crippen molar-refractivity contribution in [3.8, 4) is 0 Å². The first-order valence-electron chi connectivity index (χ1n) is 6.85. The minimum absolute atomic E-state index is 0.00934. The standard InChI is InChI=1S/C12H21N5O6S/c13-5(4-24)10(20)16-6(1-2-8(14)18)11(21)17-7(12(22)23)3-9(15)19/h5-7,24H,1-4,13H2,(H2,14,18)(H2,15,19)(H,16,20)(H,17,21)(H,22,23)/t5-,6-,7-/m0/s1. The molecule has 0 fully saturated rings. The number of carboxylic acid groups (broad SMARTS) is 1. The lowest BCUT2D eigenvalue weighted by Crippen LogP contribution is -2.55. The molecule has 0 aliphatic carbocycles. The van der Waals surface area contributed by atoms with Crippen LogP contribution in [-0.4, -0.2) is 58.6 Å². The van der Waals surface area contributed by atoms with Gasteiger partial charge in [0.1, 0.15) is 12.1 Å². The molecule has 0 radical (unpaired) electrons. The van der Waals surface area contributed by atoms with Gasteiger partial charge in [-0.25, -0.2) is 4.79 Å². The van der Waals surface area contributed by atoms with Gasteiger partial charge in [0.25, 0.3) is 0 Å². The molecule has 0 unspecified atom stereocenters. The number of aliphatic carboxylic acids is 1. The van der Waals surface area contributed by atoms with Crippen LogP contribution in [0, 0.1) is 0 Å². The monoisotopic (exact) mass is 363 g/mol. The number of hydrogen-bond acceptors (Lipinski definition) is 7. The van der Waals surface area contributed by atoms with Gasteiger partial charge in [-0.3, -0.25) is 19.2 Å². The number of nitrogens with two attached hydrogens (primary N) is 3. The van der Waals surface area contributed by atoms with E-state index in [0.717, 1.165) is 0 Å². The van der Waals surface area contributed by atoms with Gasteiger partial charge in [-0.1, -0.05) is 0 Å². The highest BCUT2D eigenvalue weighted by atomic mass is 32.1. The van der Waals surface area contributed by atoms with Crippen LogP contribution in [0.1, 0.15) is 19.3 Å². The van der Waals surface area contributed by atoms with E-state index in [2.05, 4.69) is 23.3 Å². The molecule has 12 heteroatoms. The Labute approximate surface area is 143 Å². The van der Waals surface area contributed by atoms with Crippen LogP contribution in [0.2, 0.25) is 0 Å². The van der Waals surface area contributed by atoms with E-state index < -0.39 is 54.1 Å². The molecule has 0 aromatic carbocycles. The maximum absolute atomic E-state index is 12.1. The van der Waals surface area contributed by atoms with Crippen LogP contribution in [0.15, 0.2) is 0 Å². The minimum Gasteiger partial charge on any atom is -0.480 e. The fourth-order valence-corrected chi connectivity index (χ4v) is 1.76. The largest absolute Gasteiger partial charge is 0.480 e. The zero-order valence-electron chi connectivity index (χ0n) is 12.7. The second kappa shape index (κ2) is 10.4. The molecule has 0 aliphatic rings. The third-order valence-electron chi connectivity index (χ3n) is 2.87. The van der Waals surface area contributed by atoms with Gasteiger partial charge in [-0.15, -0.1) is 0 Å². The molecular formula is C12H21N5O6S. The van der Waals surface area contributed by atoms with Crippen molar-refractivity contribution in [2.24, 2.45) is 17.2 Å². The summed E-state index contributed by atoms with van der Waals surface area (Å²) in [6.45, 7) is 0. The van der Waals surface area contributed by atoms with Crippen molar-refractivity contribution in [2.45, 2.75) is 37.4 Å². The topological polar surface area (TPSA) is 208 Å². The third-order valence-corrected chi connectivity index (χ3v) is 3.26. The van der Waals surface area contributed by atoms with Gasteiger partial charge in [-0.2, -0.15) is 12.6 Å². The van der Waals surface area contributed by atoms with Crippen LogP contribution in [0.3, 0.4) is 0 Å². The quantitative estimate of drug-likeness (QED) is 0.183. The van der Waals surface area contributed by atoms with Crippen molar-refractivity contribution in [2.75, 3.05) is 5.75 Å². The van der Waals surface area contributed by atoms with Gasteiger partial charge in [0.2, 0.25) is 23.6 Å². The molecule has 0 saturated carbocycles. The highest BCUT2D eigenvalue weighted by molar-refractivity contribution is 7.80. The van der Waals surface area contributed by atoms with Crippen LogP contribution >= 0.6 is 12.6 Å². The van der Waals surface area contributed by atoms with Crippen LogP contribution < -0.4 is 27.8 Å². The summed E-state index contributed by atoms with van der Waals surface area (Å²) in [7, 11) is 0. The maximum Gasteiger partial charge on any atom is 0.326 e. The lowest BCUT2D eigenvalue weighted by molar-refractivity contribution is -0.143. The first kappa shape index (κ1) is 21.7. The summed E-state index contributed by atoms with van der Waals surface area (Å²) in [4.78, 5) is 56.6. The smallest absolute Gasteiger partial charge is 0.326 e. The maximum atomic E-state index is 12.1. The fraction of sp³-hybridized carbons (Fsp3) is 0.583. The molecule has 0 bridgehead atoms. The number of carboxylic acids is 1. The summed E-state index contributed by atoms with van der Waals surface area (Å²) in [5.41, 5.74) is 15.4. The molecule has 11 nitrogen and oxygen atoms in total. The molecule has 0 rings (SSSR count). The molecule has 0 saturated heterocycles. The van der Waals surface area contributed by atoms with Crippen molar-refractivity contribution in [1.29, 1.82) is 0 Å². The van der Waals surface area contributed by atoms with Gasteiger partial charge < -0.3 is 32.9 Å². The first-order valence-corrected chi connectivity index (χ1v) is 7.48. The molecule has 0 heterocycles. The summed E-state index contributed by atoms with van der Waals surface area (Å²) >= 11 is 3.84. The van der Waals surface area contributed by atoms with E-state index in [9.17, 15) is 24.0 Å². The van der Waals surface area contributed by atoms with Crippen LogP contribution in [0.25, 0.3) is 0 Å². The Morgan fingerprint density at radius 1 is 0.958 bits per heavy atom. The van der Waals surface area contributed by atoms with Crippen molar-refractivity contribution in [3.63, 3.8) is 0 Å². The number of amides is 4. The van der Waals surface area contributed by atoms with E-state index in [-0.39, 0.29) is 18.6 Å². The lowest BCUT2D eigenvalue weighted by atomic mass is 10.1. The number of rotatable bonds is 11. The number of thiol groups is 1. The fourth-order valence-electron chi connectivity index (χ4n) is 1.59. The van der Waals surface area contributed by atoms with Crippen molar-refractivity contribution < 1.29 is 29.1 Å². The summed E-state index contributed by atoms with van der Waals surface area (Å²) in [6, 6.07) is -3.83. The highest BCUT2D eigenvalue weighted by Gasteiger charge is 2.28. The Bertz CT molecular complexity index is 514. The summed E-state index contributed by atoms with van der Waals surface area (Å²) in [5.74, 6) is -4.74. The molecule has 24 heavy (non-hydrogen) atoms. The zero-order valence-corrected chi connectivity index (χ0v) is 13.6. The third kappa shape index (κ3) is 8.33. The van der Waals surface area contributed by atoms with Gasteiger partial charge in [0, 0.05) is 12.2 Å². The molecule has 0 aliphatic heterocycles. The normalized spacial score (nSPS) is 14.1. The van der Waals surface area contributed by atoms with Crippen LogP contribution in [0.4, 0.5) is 0 Å². The summed E-state index contributed by atoms with van der Waals surface area (Å²) in [6.07, 6.45) is -1.04. The predicted molar refractivity (Wildman–Crippen MR) is 85.6 cm³/mol. The van der Waals surface area contributed by atoms with E-state index in [1.165, 1.54) is 0 Å². The Morgan fingerprint density at radius 3 is 1.92 bits per heavy atom. The highest BCUT2D eigenvalue weighted by Crippen LogP contribution is 2.01. The minimum atomic E-state index is -1.57. The van der Waals surface area contributed by atoms with E-state index in [1.54, 1.807) is 0 Å². The Morgan fingerprint density at radius 2 is 1.50 bits per heavy atom. The average molecular weight is 363 g/mol. The number of carbonyl (C=O) groups is 5. The lowest BCUT2D eigenvalue weighted by Gasteiger charge is -2.21. The van der Waals surface area contributed by atoms with E-state index >= 15 is 0 Å². The number of carbonyl (C=O) groups excluding carboxylic acids is 4. The molecule has 0 spiro atoms. The Balaban J connectivity index is 5.05. The second-order valence-corrected chi connectivity index (χ2v) is 5.29. The van der Waals surface area contributed by atoms with Crippen LogP contribution in [-0.2, 0) is 24.0 Å². The van der Waals surface area contributed by atoms with Crippen molar-refractivity contribution in [3.05, 3.63) is 0 Å². The van der Waals surface area contributed by atoms with E-state index in [1.807, 2.05) is 0 Å². The summed E-state index contributed by atoms with van der Waals surface area (Å²) < 4.78 is 0. The number of primary amides is 2. The van der Waals surface area contributed by atoms with Crippen molar-refractivity contribution >= 4 is 42.2 Å². The molecule has 0 aromatic rings. The van der Waals surface area contributed by atoms with Crippen molar-refractivity contribution in [1.82, 2.24) is 10.6 Å². The van der Waals surface area contributed by atoms with Crippen LogP contribution in [0.5, 0.6) is 0 Å². The summed E-state index contributed by atoms with van der Waals surface area (Å²) in [5, 5.41) is 13.3. The Kier molecular flexibility index (Phi) is 9.42. The number of hydrogen-bond donors (Lipinski definition) is 7. The molecule has 4 amide bonds. The van der Waals surface area contributed by atoms with E-state index in [4.69, 9.17) is 22.3 Å². The van der Waals surface area contributed by atoms with Gasteiger partial charge in [0.05, 0.1) is 12.5 Å². The predicted octanol–water partition coefficient (Wildman–Crippen LogP) is -3.56. The van der Waals surface area contributed by atoms with Gasteiger partial charge in [0.15, 0.2) is 0 Å². The Hall–Kier alpha value is -2.34. The second-order valence-electron chi connectivity index (χ2n) is 4.93. The first-order chi connectivity index (χ1) is 11.1. The molecule has 0 aromatic heterocycles. The van der Waals surface area contributed by atoms with E-state index in [0.29, 0.717) is 0 Å². The average Bonchev–Trinajstić information content (AvgIpc) is 2.48. The molecule has 3 atom stereocenters. The number of nitrogens with one attached hydrogen (secondary N) is 2. The van der Waals surface area contributed by atoms with Gasteiger partial charge >= 0.3 is 5.97 Å². The molecule has 136 valence electrons. The molecular weight excluding hydrogens is 342 g/mol. The van der Waals surface area contributed by atoms with Gasteiger partial charge in [-0.05, 0) is 6.42 Å².